The van der Waals surface area contributed by atoms with Gasteiger partial charge in [0.15, 0.2) is 0 Å². The molecule has 2 unspecified atom stereocenters. The van der Waals surface area contributed by atoms with Crippen molar-refractivity contribution >= 4 is 26.9 Å². The van der Waals surface area contributed by atoms with Crippen LogP contribution in [-0.2, 0) is 0 Å². The van der Waals surface area contributed by atoms with Gasteiger partial charge in [-0.1, -0.05) is 48.0 Å². The number of hydrogen-bond acceptors (Lipinski definition) is 1. The van der Waals surface area contributed by atoms with Gasteiger partial charge in [0.1, 0.15) is 11.3 Å². The maximum absolute atomic E-state index is 5.89. The molecule has 0 bridgehead atoms. The number of rotatable bonds is 2. The standard InChI is InChI=1S/C13H15BrO/c1-8-5-4-6-11-7-12(15-13(8)11)9(2)10(3)14/h4-7,9-10H,1-3H3. The Morgan fingerprint density at radius 3 is 2.60 bits per heavy atom. The molecule has 0 amide bonds. The van der Waals surface area contributed by atoms with Crippen molar-refractivity contribution in [1.82, 2.24) is 0 Å². The first-order valence-electron chi connectivity index (χ1n) is 5.22. The molecule has 0 radical (unpaired) electrons. The van der Waals surface area contributed by atoms with Crippen molar-refractivity contribution in [3.63, 3.8) is 0 Å². The Balaban J connectivity index is 2.52. The summed E-state index contributed by atoms with van der Waals surface area (Å²) in [7, 11) is 0. The maximum atomic E-state index is 5.89. The Kier molecular flexibility index (Phi) is 2.87. The molecular formula is C13H15BrO. The summed E-state index contributed by atoms with van der Waals surface area (Å²) < 4.78 is 5.89. The SMILES string of the molecule is Cc1cccc2cc(C(C)C(C)Br)oc12. The second-order valence-corrected chi connectivity index (χ2v) is 5.55. The summed E-state index contributed by atoms with van der Waals surface area (Å²) in [6.45, 7) is 6.40. The molecule has 0 fully saturated rings. The van der Waals surface area contributed by atoms with Crippen LogP contribution in [0.2, 0.25) is 0 Å². The van der Waals surface area contributed by atoms with E-state index in [-0.39, 0.29) is 0 Å². The first kappa shape index (κ1) is 10.7. The molecule has 1 aromatic heterocycles. The first-order chi connectivity index (χ1) is 7.09. The molecule has 2 heteroatoms. The summed E-state index contributed by atoms with van der Waals surface area (Å²) in [5.41, 5.74) is 2.22. The number of aryl methyl sites for hydroxylation is 1. The van der Waals surface area contributed by atoms with Crippen LogP contribution < -0.4 is 0 Å². The number of para-hydroxylation sites is 1. The number of hydrogen-bond donors (Lipinski definition) is 0. The lowest BCUT2D eigenvalue weighted by Gasteiger charge is -2.09. The van der Waals surface area contributed by atoms with Gasteiger partial charge in [-0.15, -0.1) is 0 Å². The topological polar surface area (TPSA) is 13.1 Å². The summed E-state index contributed by atoms with van der Waals surface area (Å²) in [5, 5.41) is 1.20. The molecule has 0 aliphatic carbocycles. The number of fused-ring (bicyclic) bond motifs is 1. The fraction of sp³-hybridized carbons (Fsp3) is 0.385. The largest absolute Gasteiger partial charge is 0.460 e. The molecule has 2 rings (SSSR count). The van der Waals surface area contributed by atoms with Crippen molar-refractivity contribution in [1.29, 1.82) is 0 Å². The Hall–Kier alpha value is -0.760. The summed E-state index contributed by atoms with van der Waals surface area (Å²) in [6.07, 6.45) is 0. The second-order valence-electron chi connectivity index (χ2n) is 4.11. The minimum Gasteiger partial charge on any atom is -0.460 e. The summed E-state index contributed by atoms with van der Waals surface area (Å²) >= 11 is 3.59. The van der Waals surface area contributed by atoms with Gasteiger partial charge in [0.05, 0.1) is 0 Å². The van der Waals surface area contributed by atoms with Crippen LogP contribution in [0, 0.1) is 6.92 Å². The van der Waals surface area contributed by atoms with Crippen LogP contribution in [-0.4, -0.2) is 4.83 Å². The minimum absolute atomic E-state index is 0.400. The smallest absolute Gasteiger partial charge is 0.137 e. The highest BCUT2D eigenvalue weighted by molar-refractivity contribution is 9.09. The van der Waals surface area contributed by atoms with Gasteiger partial charge in [-0.3, -0.25) is 0 Å². The third-order valence-corrected chi connectivity index (χ3v) is 3.69. The Morgan fingerprint density at radius 2 is 2.00 bits per heavy atom. The van der Waals surface area contributed by atoms with Crippen molar-refractivity contribution in [3.8, 4) is 0 Å². The van der Waals surface area contributed by atoms with Crippen LogP contribution in [0.3, 0.4) is 0 Å². The van der Waals surface area contributed by atoms with Gasteiger partial charge in [-0.05, 0) is 18.6 Å². The predicted octanol–water partition coefficient (Wildman–Crippen LogP) is 4.63. The molecule has 2 aromatic rings. The molecule has 0 aliphatic rings. The molecule has 1 aromatic carbocycles. The van der Waals surface area contributed by atoms with Gasteiger partial charge in [0.25, 0.3) is 0 Å². The Morgan fingerprint density at radius 1 is 1.27 bits per heavy atom. The highest BCUT2D eigenvalue weighted by Gasteiger charge is 2.16. The fourth-order valence-electron chi connectivity index (χ4n) is 1.68. The van der Waals surface area contributed by atoms with Crippen molar-refractivity contribution < 1.29 is 4.42 Å². The molecule has 0 saturated heterocycles. The van der Waals surface area contributed by atoms with Gasteiger partial charge < -0.3 is 4.42 Å². The summed E-state index contributed by atoms with van der Waals surface area (Å²) in [5.74, 6) is 1.46. The van der Waals surface area contributed by atoms with E-state index >= 15 is 0 Å². The third kappa shape index (κ3) is 1.96. The third-order valence-electron chi connectivity index (χ3n) is 2.90. The average Bonchev–Trinajstić information content (AvgIpc) is 2.61. The number of furan rings is 1. The first-order valence-corrected chi connectivity index (χ1v) is 6.14. The van der Waals surface area contributed by atoms with E-state index in [2.05, 4.69) is 61.0 Å². The van der Waals surface area contributed by atoms with Crippen molar-refractivity contribution in [3.05, 3.63) is 35.6 Å². The average molecular weight is 267 g/mol. The Labute approximate surface area is 98.6 Å². The molecule has 15 heavy (non-hydrogen) atoms. The normalized spacial score (nSPS) is 15.5. The van der Waals surface area contributed by atoms with Crippen molar-refractivity contribution in [2.75, 3.05) is 0 Å². The second kappa shape index (κ2) is 4.01. The van der Waals surface area contributed by atoms with Crippen LogP contribution in [0.25, 0.3) is 11.0 Å². The lowest BCUT2D eigenvalue weighted by molar-refractivity contribution is 0.504. The van der Waals surface area contributed by atoms with Gasteiger partial charge in [-0.25, -0.2) is 0 Å². The van der Waals surface area contributed by atoms with Crippen molar-refractivity contribution in [2.45, 2.75) is 31.5 Å². The molecule has 0 saturated carbocycles. The Bertz CT molecular complexity index is 470. The van der Waals surface area contributed by atoms with Crippen molar-refractivity contribution in [2.24, 2.45) is 0 Å². The van der Waals surface area contributed by atoms with E-state index in [1.807, 2.05) is 0 Å². The molecule has 1 nitrogen and oxygen atoms in total. The maximum Gasteiger partial charge on any atom is 0.137 e. The van der Waals surface area contributed by atoms with Crippen LogP contribution in [0.5, 0.6) is 0 Å². The summed E-state index contributed by atoms with van der Waals surface area (Å²) in [6, 6.07) is 8.39. The highest BCUT2D eigenvalue weighted by atomic mass is 79.9. The van der Waals surface area contributed by atoms with Crippen LogP contribution in [0.15, 0.2) is 28.7 Å². The van der Waals surface area contributed by atoms with E-state index in [1.165, 1.54) is 10.9 Å². The van der Waals surface area contributed by atoms with E-state index in [0.717, 1.165) is 11.3 Å². The zero-order chi connectivity index (χ0) is 11.0. The summed E-state index contributed by atoms with van der Waals surface area (Å²) in [4.78, 5) is 0.429. The molecule has 0 aliphatic heterocycles. The molecule has 1 heterocycles. The van der Waals surface area contributed by atoms with Gasteiger partial charge >= 0.3 is 0 Å². The predicted molar refractivity (Wildman–Crippen MR) is 67.8 cm³/mol. The monoisotopic (exact) mass is 266 g/mol. The van der Waals surface area contributed by atoms with E-state index < -0.39 is 0 Å². The number of halogens is 1. The molecule has 2 atom stereocenters. The zero-order valence-electron chi connectivity index (χ0n) is 9.25. The number of benzene rings is 1. The lowest BCUT2D eigenvalue weighted by Crippen LogP contribution is -2.02. The van der Waals surface area contributed by atoms with Gasteiger partial charge in [0.2, 0.25) is 0 Å². The quantitative estimate of drug-likeness (QED) is 0.723. The van der Waals surface area contributed by atoms with Crippen LogP contribution in [0.1, 0.15) is 31.1 Å². The molecule has 80 valence electrons. The lowest BCUT2D eigenvalue weighted by atomic mass is 10.1. The van der Waals surface area contributed by atoms with E-state index in [4.69, 9.17) is 4.42 Å². The molecular weight excluding hydrogens is 252 g/mol. The number of alkyl halides is 1. The van der Waals surface area contributed by atoms with E-state index in [0.29, 0.717) is 10.7 Å². The minimum atomic E-state index is 0.400. The van der Waals surface area contributed by atoms with E-state index in [1.54, 1.807) is 0 Å². The highest BCUT2D eigenvalue weighted by Crippen LogP contribution is 2.30. The molecule has 0 spiro atoms. The van der Waals surface area contributed by atoms with Crippen LogP contribution in [0.4, 0.5) is 0 Å². The zero-order valence-corrected chi connectivity index (χ0v) is 10.8. The van der Waals surface area contributed by atoms with E-state index in [9.17, 15) is 0 Å². The van der Waals surface area contributed by atoms with Gasteiger partial charge in [-0.2, -0.15) is 0 Å². The fourth-order valence-corrected chi connectivity index (χ4v) is 1.94. The van der Waals surface area contributed by atoms with Crippen LogP contribution >= 0.6 is 15.9 Å². The molecule has 0 N–H and O–H groups in total. The van der Waals surface area contributed by atoms with Gasteiger partial charge in [0, 0.05) is 16.1 Å².